The van der Waals surface area contributed by atoms with Gasteiger partial charge in [0.05, 0.1) is 24.8 Å². The van der Waals surface area contributed by atoms with Crippen molar-refractivity contribution in [3.63, 3.8) is 0 Å². The van der Waals surface area contributed by atoms with Crippen molar-refractivity contribution in [2.45, 2.75) is 0 Å². The van der Waals surface area contributed by atoms with Crippen LogP contribution in [0.4, 0.5) is 0 Å². The van der Waals surface area contributed by atoms with E-state index in [1.807, 2.05) is 12.1 Å². The van der Waals surface area contributed by atoms with E-state index in [1.54, 1.807) is 36.4 Å². The largest absolute Gasteiger partial charge is 0.437 e. The van der Waals surface area contributed by atoms with Crippen molar-refractivity contribution in [2.75, 3.05) is 0 Å². The summed E-state index contributed by atoms with van der Waals surface area (Å²) in [6.45, 7) is 0. The van der Waals surface area contributed by atoms with Crippen LogP contribution in [0.5, 0.6) is 46.5 Å². The lowest BCUT2D eigenvalue weighted by Crippen LogP contribution is -1.96. The van der Waals surface area contributed by atoms with Crippen molar-refractivity contribution in [1.29, 1.82) is 0 Å². The van der Waals surface area contributed by atoms with E-state index >= 15 is 0 Å². The van der Waals surface area contributed by atoms with E-state index in [0.717, 1.165) is 0 Å². The fraction of sp³-hybridized carbons (Fsp3) is 0. The van der Waals surface area contributed by atoms with Crippen molar-refractivity contribution >= 4 is 0 Å². The van der Waals surface area contributed by atoms with Gasteiger partial charge in [-0.05, 0) is 24.3 Å². The molecule has 3 heterocycles. The fourth-order valence-electron chi connectivity index (χ4n) is 2.55. The second-order valence-electron chi connectivity index (χ2n) is 5.72. The van der Waals surface area contributed by atoms with Gasteiger partial charge in [-0.25, -0.2) is 0 Å². The zero-order valence-electron chi connectivity index (χ0n) is 14.4. The summed E-state index contributed by atoms with van der Waals surface area (Å²) in [6, 6.07) is 14.2. The molecule has 6 bridgehead atoms. The van der Waals surface area contributed by atoms with Crippen LogP contribution in [0.25, 0.3) is 0 Å². The number of aromatic nitrogens is 4. The highest BCUT2D eigenvalue weighted by Crippen LogP contribution is 2.35. The van der Waals surface area contributed by atoms with Gasteiger partial charge in [0.2, 0.25) is 23.5 Å². The number of fused-ring (bicyclic) bond motifs is 7. The zero-order chi connectivity index (χ0) is 18.8. The van der Waals surface area contributed by atoms with E-state index in [1.165, 1.54) is 24.8 Å². The van der Waals surface area contributed by atoms with E-state index in [9.17, 15) is 0 Å². The first-order chi connectivity index (χ1) is 13.8. The van der Waals surface area contributed by atoms with Gasteiger partial charge in [0.25, 0.3) is 0 Å². The molecule has 136 valence electrons. The van der Waals surface area contributed by atoms with E-state index < -0.39 is 0 Å². The molecule has 0 saturated heterocycles. The molecule has 0 spiro atoms. The molecule has 1 aliphatic heterocycles. The lowest BCUT2D eigenvalue weighted by atomic mass is 10.3. The summed E-state index contributed by atoms with van der Waals surface area (Å²) < 4.78 is 23.2. The van der Waals surface area contributed by atoms with Gasteiger partial charge >= 0.3 is 0 Å². The van der Waals surface area contributed by atoms with Crippen molar-refractivity contribution in [3.8, 4) is 46.5 Å². The van der Waals surface area contributed by atoms with Crippen LogP contribution < -0.4 is 18.9 Å². The molecule has 5 rings (SSSR count). The first kappa shape index (κ1) is 16.0. The van der Waals surface area contributed by atoms with Crippen LogP contribution in [0.3, 0.4) is 0 Å². The summed E-state index contributed by atoms with van der Waals surface area (Å²) in [5.41, 5.74) is 0. The highest BCUT2D eigenvalue weighted by Gasteiger charge is 2.12. The normalized spacial score (nSPS) is 12.0. The molecule has 28 heavy (non-hydrogen) atoms. The Hall–Kier alpha value is -4.20. The maximum absolute atomic E-state index is 5.85. The minimum atomic E-state index is 0.260. The number of hydrogen-bond donors (Lipinski definition) is 0. The number of nitrogens with zero attached hydrogens (tertiary/aromatic N) is 4. The van der Waals surface area contributed by atoms with Gasteiger partial charge in [0.15, 0.2) is 11.5 Å². The van der Waals surface area contributed by atoms with Crippen LogP contribution in [0.2, 0.25) is 0 Å². The first-order valence-corrected chi connectivity index (χ1v) is 8.36. The van der Waals surface area contributed by atoms with E-state index in [2.05, 4.69) is 19.9 Å². The Kier molecular flexibility index (Phi) is 3.91. The Morgan fingerprint density at radius 3 is 1.46 bits per heavy atom. The predicted octanol–water partition coefficient (Wildman–Crippen LogP) is 4.75. The molecule has 2 aromatic heterocycles. The van der Waals surface area contributed by atoms with E-state index in [0.29, 0.717) is 23.0 Å². The molecule has 0 atom stereocenters. The molecular weight excluding hydrogens is 360 g/mol. The van der Waals surface area contributed by atoms with Crippen molar-refractivity contribution in [2.24, 2.45) is 0 Å². The van der Waals surface area contributed by atoms with Crippen LogP contribution in [0.15, 0.2) is 73.3 Å². The molecule has 8 nitrogen and oxygen atoms in total. The molecule has 0 saturated carbocycles. The molecule has 0 radical (unpaired) electrons. The average Bonchev–Trinajstić information content (AvgIpc) is 2.70. The number of benzene rings is 2. The third kappa shape index (κ3) is 3.38. The summed E-state index contributed by atoms with van der Waals surface area (Å²) in [5.74, 6) is 3.02. The second-order valence-corrected chi connectivity index (χ2v) is 5.72. The average molecular weight is 372 g/mol. The number of para-hydroxylation sites is 2. The van der Waals surface area contributed by atoms with Gasteiger partial charge in [-0.3, -0.25) is 9.97 Å². The molecule has 0 aliphatic carbocycles. The van der Waals surface area contributed by atoms with Crippen LogP contribution in [-0.2, 0) is 0 Å². The zero-order valence-corrected chi connectivity index (χ0v) is 14.4. The van der Waals surface area contributed by atoms with Crippen molar-refractivity contribution in [3.05, 3.63) is 73.3 Å². The van der Waals surface area contributed by atoms with Gasteiger partial charge < -0.3 is 18.9 Å². The molecule has 0 fully saturated rings. The summed E-state index contributed by atoms with van der Waals surface area (Å²) in [7, 11) is 0. The van der Waals surface area contributed by atoms with Crippen LogP contribution >= 0.6 is 0 Å². The molecular formula is C20H12N4O4. The number of hydrogen-bond acceptors (Lipinski definition) is 8. The van der Waals surface area contributed by atoms with Crippen LogP contribution in [-0.4, -0.2) is 19.9 Å². The lowest BCUT2D eigenvalue weighted by Gasteiger charge is -2.11. The molecule has 4 aromatic rings. The maximum atomic E-state index is 5.85. The summed E-state index contributed by atoms with van der Waals surface area (Å²) >= 11 is 0. The SMILES string of the molecule is c1cc2cc(c1)Oc1cncc(n1)Oc1ccccc1Oc1cncc(n1)O2. The quantitative estimate of drug-likeness (QED) is 0.385. The van der Waals surface area contributed by atoms with Crippen LogP contribution in [0.1, 0.15) is 0 Å². The second kappa shape index (κ2) is 6.84. The third-order valence-electron chi connectivity index (χ3n) is 3.71. The molecule has 2 aromatic carbocycles. The standard InChI is InChI=1S/C20H12N4O4/c1-2-7-16-15(6-1)27-19-11-21-9-17(23-19)25-13-4-3-5-14(8-13)26-18-10-22-12-20(24-18)28-16/h1-12H. The van der Waals surface area contributed by atoms with Gasteiger partial charge in [-0.1, -0.05) is 18.2 Å². The topological polar surface area (TPSA) is 88.5 Å². The maximum Gasteiger partial charge on any atom is 0.241 e. The Labute approximate surface area is 159 Å². The fourth-order valence-corrected chi connectivity index (χ4v) is 2.55. The summed E-state index contributed by atoms with van der Waals surface area (Å²) in [4.78, 5) is 16.9. The molecule has 0 unspecified atom stereocenters. The first-order valence-electron chi connectivity index (χ1n) is 8.36. The van der Waals surface area contributed by atoms with Gasteiger partial charge in [-0.2, -0.15) is 9.97 Å². The number of rotatable bonds is 0. The van der Waals surface area contributed by atoms with E-state index in [-0.39, 0.29) is 23.5 Å². The lowest BCUT2D eigenvalue weighted by molar-refractivity contribution is 0.386. The van der Waals surface area contributed by atoms with Gasteiger partial charge in [-0.15, -0.1) is 0 Å². The summed E-state index contributed by atoms with van der Waals surface area (Å²) in [6.07, 6.45) is 5.97. The Morgan fingerprint density at radius 2 is 0.964 bits per heavy atom. The van der Waals surface area contributed by atoms with Crippen molar-refractivity contribution in [1.82, 2.24) is 19.9 Å². The highest BCUT2D eigenvalue weighted by molar-refractivity contribution is 5.44. The van der Waals surface area contributed by atoms with E-state index in [4.69, 9.17) is 18.9 Å². The minimum absolute atomic E-state index is 0.260. The highest BCUT2D eigenvalue weighted by atomic mass is 16.5. The third-order valence-corrected chi connectivity index (χ3v) is 3.71. The Balaban J connectivity index is 1.63. The van der Waals surface area contributed by atoms with Crippen molar-refractivity contribution < 1.29 is 18.9 Å². The molecule has 8 heteroatoms. The van der Waals surface area contributed by atoms with Gasteiger partial charge in [0.1, 0.15) is 11.5 Å². The Bertz CT molecular complexity index is 1070. The van der Waals surface area contributed by atoms with Crippen LogP contribution in [0, 0.1) is 0 Å². The van der Waals surface area contributed by atoms with Gasteiger partial charge in [0, 0.05) is 6.07 Å². The molecule has 0 N–H and O–H groups in total. The minimum Gasteiger partial charge on any atom is -0.437 e. The monoisotopic (exact) mass is 372 g/mol. The predicted molar refractivity (Wildman–Crippen MR) is 97.2 cm³/mol. The summed E-state index contributed by atoms with van der Waals surface area (Å²) in [5, 5.41) is 0. The number of ether oxygens (including phenoxy) is 4. The smallest absolute Gasteiger partial charge is 0.241 e. The molecule has 0 amide bonds. The Morgan fingerprint density at radius 1 is 0.500 bits per heavy atom. The molecule has 1 aliphatic rings.